The summed E-state index contributed by atoms with van der Waals surface area (Å²) in [6.45, 7) is 0. The standard InChI is InChI=1S/C15H14N2S/c1-2-6-12(7-3-1)10-11-18-15-16-13-8-4-5-9-14(13)17-15/h1-9H,10-11H2,(H,16,17)/p+1. The lowest BCUT2D eigenvalue weighted by Gasteiger charge is -1.96. The lowest BCUT2D eigenvalue weighted by molar-refractivity contribution is -0.396. The molecule has 0 radical (unpaired) electrons. The molecule has 1 aromatic heterocycles. The molecule has 2 aromatic carbocycles. The van der Waals surface area contributed by atoms with E-state index in [1.54, 1.807) is 0 Å². The Morgan fingerprint density at radius 2 is 1.72 bits per heavy atom. The third kappa shape index (κ3) is 2.57. The van der Waals surface area contributed by atoms with Crippen LogP contribution in [0.15, 0.2) is 59.8 Å². The van der Waals surface area contributed by atoms with Crippen molar-refractivity contribution in [2.24, 2.45) is 0 Å². The molecule has 0 amide bonds. The van der Waals surface area contributed by atoms with Crippen molar-refractivity contribution < 1.29 is 4.98 Å². The van der Waals surface area contributed by atoms with E-state index in [1.807, 2.05) is 23.9 Å². The fraction of sp³-hybridized carbons (Fsp3) is 0.133. The number of aromatic nitrogens is 2. The van der Waals surface area contributed by atoms with Crippen molar-refractivity contribution in [3.8, 4) is 0 Å². The molecular formula is C15H15N2S+. The number of rotatable bonds is 4. The van der Waals surface area contributed by atoms with Crippen LogP contribution in [0.2, 0.25) is 0 Å². The average molecular weight is 255 g/mol. The summed E-state index contributed by atoms with van der Waals surface area (Å²) in [5.74, 6) is 1.08. The minimum absolute atomic E-state index is 1.08. The second kappa shape index (κ2) is 5.27. The van der Waals surface area contributed by atoms with Gasteiger partial charge in [-0.25, -0.2) is 9.97 Å². The monoisotopic (exact) mass is 255 g/mol. The smallest absolute Gasteiger partial charge is 0.231 e. The Kier molecular flexibility index (Phi) is 3.33. The van der Waals surface area contributed by atoms with Gasteiger partial charge in [-0.15, -0.1) is 0 Å². The Morgan fingerprint density at radius 1 is 0.944 bits per heavy atom. The van der Waals surface area contributed by atoms with Gasteiger partial charge in [0.2, 0.25) is 0 Å². The van der Waals surface area contributed by atoms with E-state index in [0.717, 1.165) is 17.3 Å². The minimum Gasteiger partial charge on any atom is -0.231 e. The zero-order valence-corrected chi connectivity index (χ0v) is 10.8. The van der Waals surface area contributed by atoms with Gasteiger partial charge in [0, 0.05) is 5.75 Å². The summed E-state index contributed by atoms with van der Waals surface area (Å²) < 4.78 is 0. The third-order valence-electron chi connectivity index (χ3n) is 2.90. The number of thioether (sulfide) groups is 1. The molecular weight excluding hydrogens is 240 g/mol. The Hall–Kier alpha value is -1.74. The summed E-state index contributed by atoms with van der Waals surface area (Å²) in [4.78, 5) is 6.78. The first-order valence-electron chi connectivity index (χ1n) is 6.08. The Labute approximate surface area is 110 Å². The van der Waals surface area contributed by atoms with Crippen molar-refractivity contribution >= 4 is 22.8 Å². The van der Waals surface area contributed by atoms with Gasteiger partial charge in [-0.2, -0.15) is 0 Å². The molecule has 2 N–H and O–H groups in total. The van der Waals surface area contributed by atoms with Crippen molar-refractivity contribution in [2.75, 3.05) is 5.75 Å². The second-order valence-corrected chi connectivity index (χ2v) is 5.31. The molecule has 0 saturated heterocycles. The van der Waals surface area contributed by atoms with Crippen LogP contribution >= 0.6 is 11.8 Å². The van der Waals surface area contributed by atoms with Gasteiger partial charge in [0.05, 0.1) is 0 Å². The maximum atomic E-state index is 3.39. The van der Waals surface area contributed by atoms with E-state index in [4.69, 9.17) is 0 Å². The number of H-pyrrole nitrogens is 2. The van der Waals surface area contributed by atoms with Gasteiger partial charge >= 0.3 is 5.16 Å². The molecule has 0 spiro atoms. The van der Waals surface area contributed by atoms with Crippen LogP contribution < -0.4 is 4.98 Å². The summed E-state index contributed by atoms with van der Waals surface area (Å²) in [5, 5.41) is 1.13. The van der Waals surface area contributed by atoms with Gasteiger partial charge in [-0.1, -0.05) is 42.5 Å². The number of fused-ring (bicyclic) bond motifs is 1. The Balaban J connectivity index is 1.63. The Morgan fingerprint density at radius 3 is 2.56 bits per heavy atom. The molecule has 0 saturated carbocycles. The average Bonchev–Trinajstić information content (AvgIpc) is 2.82. The zero-order chi connectivity index (χ0) is 12.2. The van der Waals surface area contributed by atoms with Gasteiger partial charge in [0.25, 0.3) is 0 Å². The van der Waals surface area contributed by atoms with Gasteiger partial charge in [-0.05, 0) is 35.9 Å². The predicted molar refractivity (Wildman–Crippen MR) is 75.7 cm³/mol. The van der Waals surface area contributed by atoms with Crippen LogP contribution in [-0.2, 0) is 6.42 Å². The molecule has 90 valence electrons. The van der Waals surface area contributed by atoms with Gasteiger partial charge in [-0.3, -0.25) is 0 Å². The van der Waals surface area contributed by atoms with Crippen molar-refractivity contribution in [2.45, 2.75) is 11.6 Å². The highest BCUT2D eigenvalue weighted by molar-refractivity contribution is 7.99. The summed E-state index contributed by atoms with van der Waals surface area (Å²) in [6, 6.07) is 18.9. The fourth-order valence-electron chi connectivity index (χ4n) is 1.96. The molecule has 0 aliphatic heterocycles. The molecule has 0 fully saturated rings. The van der Waals surface area contributed by atoms with Crippen LogP contribution in [0.3, 0.4) is 0 Å². The van der Waals surface area contributed by atoms with Crippen molar-refractivity contribution in [3.63, 3.8) is 0 Å². The number of imidazole rings is 1. The maximum absolute atomic E-state index is 3.39. The minimum atomic E-state index is 1.08. The predicted octanol–water partition coefficient (Wildman–Crippen LogP) is 3.32. The van der Waals surface area contributed by atoms with E-state index in [9.17, 15) is 0 Å². The van der Waals surface area contributed by atoms with E-state index in [-0.39, 0.29) is 0 Å². The van der Waals surface area contributed by atoms with Gasteiger partial charge in [0.1, 0.15) is 0 Å². The maximum Gasteiger partial charge on any atom is 0.314 e. The topological polar surface area (TPSA) is 29.9 Å². The number of hydrogen-bond donors (Lipinski definition) is 1. The molecule has 18 heavy (non-hydrogen) atoms. The molecule has 2 nitrogen and oxygen atoms in total. The summed E-state index contributed by atoms with van der Waals surface area (Å²) >= 11 is 1.83. The van der Waals surface area contributed by atoms with Crippen molar-refractivity contribution in [1.82, 2.24) is 4.98 Å². The van der Waals surface area contributed by atoms with E-state index in [0.29, 0.717) is 0 Å². The molecule has 0 aliphatic rings. The summed E-state index contributed by atoms with van der Waals surface area (Å²) in [7, 11) is 0. The molecule has 3 rings (SSSR count). The van der Waals surface area contributed by atoms with Gasteiger partial charge < -0.3 is 0 Å². The highest BCUT2D eigenvalue weighted by Crippen LogP contribution is 2.16. The van der Waals surface area contributed by atoms with Crippen LogP contribution in [-0.4, -0.2) is 10.7 Å². The van der Waals surface area contributed by atoms with Crippen LogP contribution in [0.5, 0.6) is 0 Å². The second-order valence-electron chi connectivity index (χ2n) is 4.21. The van der Waals surface area contributed by atoms with Crippen LogP contribution in [0.25, 0.3) is 11.0 Å². The first kappa shape index (κ1) is 11.4. The molecule has 0 atom stereocenters. The molecule has 0 bridgehead atoms. The SMILES string of the molecule is c1ccc(CCSc2[nH]c3ccccc3[nH+]2)cc1. The van der Waals surface area contributed by atoms with Crippen LogP contribution in [0, 0.1) is 0 Å². The molecule has 3 aromatic rings. The fourth-order valence-corrected chi connectivity index (χ4v) is 2.87. The third-order valence-corrected chi connectivity index (χ3v) is 3.80. The molecule has 1 heterocycles. The lowest BCUT2D eigenvalue weighted by Crippen LogP contribution is -2.02. The summed E-state index contributed by atoms with van der Waals surface area (Å²) in [6.07, 6.45) is 1.09. The molecule has 0 unspecified atom stereocenters. The Bertz CT molecular complexity index is 598. The van der Waals surface area contributed by atoms with E-state index in [2.05, 4.69) is 52.4 Å². The summed E-state index contributed by atoms with van der Waals surface area (Å²) in [5.41, 5.74) is 3.72. The first-order chi connectivity index (χ1) is 8.92. The number of nitrogens with one attached hydrogen (secondary N) is 2. The normalized spacial score (nSPS) is 10.9. The van der Waals surface area contributed by atoms with Crippen LogP contribution in [0.1, 0.15) is 5.56 Å². The van der Waals surface area contributed by atoms with E-state index >= 15 is 0 Å². The number of benzene rings is 2. The van der Waals surface area contributed by atoms with Gasteiger partial charge in [0.15, 0.2) is 11.0 Å². The first-order valence-corrected chi connectivity index (χ1v) is 7.07. The highest BCUT2D eigenvalue weighted by atomic mass is 32.2. The quantitative estimate of drug-likeness (QED) is 0.712. The number of para-hydroxylation sites is 2. The molecule has 0 aliphatic carbocycles. The highest BCUT2D eigenvalue weighted by Gasteiger charge is 2.08. The van der Waals surface area contributed by atoms with Crippen molar-refractivity contribution in [1.29, 1.82) is 0 Å². The van der Waals surface area contributed by atoms with Crippen LogP contribution in [0.4, 0.5) is 0 Å². The zero-order valence-electron chi connectivity index (χ0n) is 10.0. The molecule has 3 heteroatoms. The number of aromatic amines is 2. The lowest BCUT2D eigenvalue weighted by atomic mass is 10.2. The van der Waals surface area contributed by atoms with Crippen molar-refractivity contribution in [3.05, 3.63) is 60.2 Å². The number of aryl methyl sites for hydroxylation is 1. The van der Waals surface area contributed by atoms with E-state index < -0.39 is 0 Å². The largest absolute Gasteiger partial charge is 0.314 e. The number of hydrogen-bond acceptors (Lipinski definition) is 1. The van der Waals surface area contributed by atoms with E-state index in [1.165, 1.54) is 16.6 Å².